The summed E-state index contributed by atoms with van der Waals surface area (Å²) in [6, 6.07) is 0. The van der Waals surface area contributed by atoms with Gasteiger partial charge in [-0.2, -0.15) is 0 Å². The molecule has 0 aromatic rings. The predicted octanol–water partition coefficient (Wildman–Crippen LogP) is 1.25. The van der Waals surface area contributed by atoms with Gasteiger partial charge in [0.05, 0.1) is 0 Å². The molecule has 0 atom stereocenters. The van der Waals surface area contributed by atoms with Crippen LogP contribution < -0.4 is 0 Å². The van der Waals surface area contributed by atoms with E-state index in [0.717, 1.165) is 0 Å². The highest BCUT2D eigenvalue weighted by Crippen LogP contribution is 1.65. The first-order chi connectivity index (χ1) is 3.77. The summed E-state index contributed by atoms with van der Waals surface area (Å²) in [4.78, 5) is 9.92. The molecule has 0 radical (unpaired) electrons. The second kappa shape index (κ2) is 9.80. The van der Waals surface area contributed by atoms with Crippen LogP contribution in [0.5, 0.6) is 0 Å². The van der Waals surface area contributed by atoms with Gasteiger partial charge >= 0.3 is 0 Å². The van der Waals surface area contributed by atoms with Crippen molar-refractivity contribution >= 4 is 5.78 Å². The Morgan fingerprint density at radius 3 is 1.88 bits per heavy atom. The van der Waals surface area contributed by atoms with Gasteiger partial charge in [0, 0.05) is 7.11 Å². The molecule has 0 N–H and O–H groups in total. The average molecular weight is 118 g/mol. The van der Waals surface area contributed by atoms with Crippen molar-refractivity contribution < 1.29 is 9.53 Å². The molecule has 8 heavy (non-hydrogen) atoms. The smallest absolute Gasteiger partial charge is 0.155 e. The molecule has 0 heterocycles. The standard InChI is InChI=1S/C4H8O2.C2H6/c1-4(5)3-6-2;1-2/h3H2,1-2H3;1-2H3. The van der Waals surface area contributed by atoms with Crippen LogP contribution in [0.2, 0.25) is 0 Å². The van der Waals surface area contributed by atoms with Crippen molar-refractivity contribution in [3.05, 3.63) is 0 Å². The Kier molecular flexibility index (Phi) is 13.0. The van der Waals surface area contributed by atoms with E-state index in [4.69, 9.17) is 0 Å². The molecule has 0 saturated heterocycles. The van der Waals surface area contributed by atoms with Crippen LogP contribution in [0, 0.1) is 0 Å². The van der Waals surface area contributed by atoms with E-state index in [9.17, 15) is 4.79 Å². The first kappa shape index (κ1) is 10.6. The van der Waals surface area contributed by atoms with Gasteiger partial charge in [0.1, 0.15) is 6.61 Å². The third kappa shape index (κ3) is 17.4. The largest absolute Gasteiger partial charge is 0.377 e. The Balaban J connectivity index is 0. The SMILES string of the molecule is CC.COCC(C)=O. The number of hydrogen-bond donors (Lipinski definition) is 0. The number of carbonyl (C=O) groups excluding carboxylic acids is 1. The van der Waals surface area contributed by atoms with E-state index >= 15 is 0 Å². The van der Waals surface area contributed by atoms with Crippen LogP contribution in [0.3, 0.4) is 0 Å². The third-order valence-electron chi connectivity index (χ3n) is 0.348. The van der Waals surface area contributed by atoms with Crippen LogP contribution in [-0.2, 0) is 9.53 Å². The molecule has 0 aromatic heterocycles. The highest BCUT2D eigenvalue weighted by atomic mass is 16.5. The summed E-state index contributed by atoms with van der Waals surface area (Å²) in [6.07, 6.45) is 0. The van der Waals surface area contributed by atoms with Crippen molar-refractivity contribution in [1.29, 1.82) is 0 Å². The van der Waals surface area contributed by atoms with Crippen molar-refractivity contribution in [2.45, 2.75) is 20.8 Å². The van der Waals surface area contributed by atoms with Crippen molar-refractivity contribution in [3.8, 4) is 0 Å². The maximum atomic E-state index is 9.92. The number of carbonyl (C=O) groups is 1. The number of methoxy groups -OCH3 is 1. The lowest BCUT2D eigenvalue weighted by atomic mass is 10.5. The molecule has 0 aliphatic heterocycles. The summed E-state index contributed by atoms with van der Waals surface area (Å²) in [5.41, 5.74) is 0. The second-order valence-corrected chi connectivity index (χ2v) is 1.14. The normalized spacial score (nSPS) is 7.00. The van der Waals surface area contributed by atoms with Crippen LogP contribution >= 0.6 is 0 Å². The average Bonchev–Trinajstić information content (AvgIpc) is 1.72. The van der Waals surface area contributed by atoms with Crippen molar-refractivity contribution in [3.63, 3.8) is 0 Å². The monoisotopic (exact) mass is 118 g/mol. The van der Waals surface area contributed by atoms with Crippen LogP contribution in [-0.4, -0.2) is 19.5 Å². The minimum Gasteiger partial charge on any atom is -0.377 e. The summed E-state index contributed by atoms with van der Waals surface area (Å²) in [5, 5.41) is 0. The van der Waals surface area contributed by atoms with E-state index in [1.807, 2.05) is 13.8 Å². The van der Waals surface area contributed by atoms with Gasteiger partial charge in [-0.3, -0.25) is 4.79 Å². The van der Waals surface area contributed by atoms with Crippen LogP contribution in [0.25, 0.3) is 0 Å². The van der Waals surface area contributed by atoms with Gasteiger partial charge in [0.15, 0.2) is 5.78 Å². The molecule has 0 saturated carbocycles. The first-order valence-corrected chi connectivity index (χ1v) is 2.75. The molecular formula is C6H14O2. The zero-order valence-corrected chi connectivity index (χ0v) is 6.02. The summed E-state index contributed by atoms with van der Waals surface area (Å²) in [7, 11) is 1.50. The highest BCUT2D eigenvalue weighted by Gasteiger charge is 1.83. The van der Waals surface area contributed by atoms with Gasteiger partial charge in [0.25, 0.3) is 0 Å². The minimum absolute atomic E-state index is 0.0671. The molecule has 0 unspecified atom stereocenters. The van der Waals surface area contributed by atoms with Gasteiger partial charge in [-0.25, -0.2) is 0 Å². The molecular weight excluding hydrogens is 104 g/mol. The lowest BCUT2D eigenvalue weighted by Crippen LogP contribution is -1.98. The molecule has 50 valence electrons. The van der Waals surface area contributed by atoms with Crippen molar-refractivity contribution in [2.75, 3.05) is 13.7 Å². The maximum absolute atomic E-state index is 9.92. The zero-order chi connectivity index (χ0) is 6.99. The Labute approximate surface area is 50.8 Å². The van der Waals surface area contributed by atoms with E-state index in [-0.39, 0.29) is 12.4 Å². The molecule has 0 spiro atoms. The Hall–Kier alpha value is -0.370. The Bertz CT molecular complexity index is 50.5. The van der Waals surface area contributed by atoms with Crippen molar-refractivity contribution in [1.82, 2.24) is 0 Å². The van der Waals surface area contributed by atoms with E-state index < -0.39 is 0 Å². The van der Waals surface area contributed by atoms with Crippen LogP contribution in [0.4, 0.5) is 0 Å². The number of ketones is 1. The van der Waals surface area contributed by atoms with Crippen LogP contribution in [0.15, 0.2) is 0 Å². The first-order valence-electron chi connectivity index (χ1n) is 2.75. The third-order valence-corrected chi connectivity index (χ3v) is 0.348. The molecule has 0 aliphatic rings. The summed E-state index contributed by atoms with van der Waals surface area (Å²) in [6.45, 7) is 5.73. The topological polar surface area (TPSA) is 26.3 Å². The molecule has 2 heteroatoms. The quantitative estimate of drug-likeness (QED) is 0.545. The van der Waals surface area contributed by atoms with Crippen molar-refractivity contribution in [2.24, 2.45) is 0 Å². The molecule has 0 rings (SSSR count). The zero-order valence-electron chi connectivity index (χ0n) is 6.02. The fraction of sp³-hybridized carbons (Fsp3) is 0.833. The van der Waals surface area contributed by atoms with E-state index in [0.29, 0.717) is 0 Å². The maximum Gasteiger partial charge on any atom is 0.155 e. The van der Waals surface area contributed by atoms with E-state index in [2.05, 4.69) is 4.74 Å². The van der Waals surface area contributed by atoms with Gasteiger partial charge in [-0.1, -0.05) is 13.8 Å². The van der Waals surface area contributed by atoms with E-state index in [1.165, 1.54) is 14.0 Å². The Morgan fingerprint density at radius 1 is 1.50 bits per heavy atom. The van der Waals surface area contributed by atoms with Gasteiger partial charge in [0.2, 0.25) is 0 Å². The highest BCUT2D eigenvalue weighted by molar-refractivity contribution is 5.76. The summed E-state index contributed by atoms with van der Waals surface area (Å²) >= 11 is 0. The molecule has 0 amide bonds. The van der Waals surface area contributed by atoms with E-state index in [1.54, 1.807) is 0 Å². The molecule has 0 aliphatic carbocycles. The second-order valence-electron chi connectivity index (χ2n) is 1.14. The lowest BCUT2D eigenvalue weighted by Gasteiger charge is -1.84. The van der Waals surface area contributed by atoms with Crippen LogP contribution in [0.1, 0.15) is 20.8 Å². The van der Waals surface area contributed by atoms with Gasteiger partial charge in [-0.15, -0.1) is 0 Å². The Morgan fingerprint density at radius 2 is 1.88 bits per heavy atom. The summed E-state index contributed by atoms with van der Waals surface area (Å²) < 4.78 is 4.45. The number of rotatable bonds is 2. The number of ether oxygens (including phenoxy) is 1. The lowest BCUT2D eigenvalue weighted by molar-refractivity contribution is -0.120. The number of Topliss-reactive ketones (excluding diaryl/α,β-unsaturated/α-hetero) is 1. The fourth-order valence-electron chi connectivity index (χ4n) is 0.203. The minimum atomic E-state index is 0.0671. The van der Waals surface area contributed by atoms with Gasteiger partial charge in [-0.05, 0) is 6.92 Å². The summed E-state index contributed by atoms with van der Waals surface area (Å²) in [5.74, 6) is 0.0671. The number of hydrogen-bond acceptors (Lipinski definition) is 2. The predicted molar refractivity (Wildman–Crippen MR) is 33.9 cm³/mol. The molecule has 0 fully saturated rings. The van der Waals surface area contributed by atoms with Gasteiger partial charge < -0.3 is 4.74 Å². The molecule has 0 bridgehead atoms. The molecule has 2 nitrogen and oxygen atoms in total. The fourth-order valence-corrected chi connectivity index (χ4v) is 0.203. The molecule has 0 aromatic carbocycles.